The van der Waals surface area contributed by atoms with Crippen LogP contribution in [0.25, 0.3) is 10.9 Å². The third kappa shape index (κ3) is 4.20. The van der Waals surface area contributed by atoms with Crippen LogP contribution in [0, 0.1) is 26.7 Å². The van der Waals surface area contributed by atoms with Gasteiger partial charge in [-0.3, -0.25) is 9.78 Å². The van der Waals surface area contributed by atoms with Gasteiger partial charge in [-0.15, -0.1) is 0 Å². The number of pyridine rings is 1. The van der Waals surface area contributed by atoms with E-state index in [4.69, 9.17) is 0 Å². The van der Waals surface area contributed by atoms with E-state index in [0.29, 0.717) is 24.9 Å². The Morgan fingerprint density at radius 1 is 1.10 bits per heavy atom. The van der Waals surface area contributed by atoms with E-state index >= 15 is 0 Å². The van der Waals surface area contributed by atoms with Crippen molar-refractivity contribution in [1.29, 1.82) is 0 Å². The minimum absolute atomic E-state index is 0.133. The van der Waals surface area contributed by atoms with Gasteiger partial charge in [0.05, 0.1) is 11.4 Å². The topological polar surface area (TPSA) is 79.4 Å². The maximum Gasteiger partial charge on any atom is 0.245 e. The van der Waals surface area contributed by atoms with Gasteiger partial charge >= 0.3 is 0 Å². The largest absolute Gasteiger partial charge is 0.325 e. The van der Waals surface area contributed by atoms with Crippen molar-refractivity contribution in [3.63, 3.8) is 0 Å². The summed E-state index contributed by atoms with van der Waals surface area (Å²) >= 11 is 0. The Morgan fingerprint density at radius 2 is 1.81 bits per heavy atom. The number of fused-ring (bicyclic) bond motifs is 1. The maximum absolute atomic E-state index is 13.4. The predicted octanol–water partition coefficient (Wildman–Crippen LogP) is 4.20. The third-order valence-electron chi connectivity index (χ3n) is 5.89. The summed E-state index contributed by atoms with van der Waals surface area (Å²) in [4.78, 5) is 17.5. The minimum Gasteiger partial charge on any atom is -0.325 e. The molecule has 6 nitrogen and oxygen atoms in total. The molecule has 162 valence electrons. The number of hydrogen-bond acceptors (Lipinski definition) is 4. The highest BCUT2D eigenvalue weighted by atomic mass is 32.2. The van der Waals surface area contributed by atoms with Crippen LogP contribution in [0.1, 0.15) is 29.5 Å². The Labute approximate surface area is 183 Å². The number of aromatic nitrogens is 1. The highest BCUT2D eigenvalue weighted by molar-refractivity contribution is 7.89. The number of rotatable bonds is 4. The molecule has 0 saturated carbocycles. The summed E-state index contributed by atoms with van der Waals surface area (Å²) in [5.41, 5.74) is 4.43. The molecule has 31 heavy (non-hydrogen) atoms. The molecule has 1 amide bonds. The number of hydrogen-bond donors (Lipinski definition) is 1. The molecule has 3 aromatic rings. The van der Waals surface area contributed by atoms with E-state index in [1.54, 1.807) is 24.4 Å². The third-order valence-corrected chi connectivity index (χ3v) is 7.79. The van der Waals surface area contributed by atoms with Gasteiger partial charge in [0, 0.05) is 30.4 Å². The fraction of sp³-hybridized carbons (Fsp3) is 0.333. The SMILES string of the molecule is Cc1cc(C)c(NC(=O)C2CCCN(S(=O)(=O)c3cccc4cccnc34)C2)c(C)c1. The Balaban J connectivity index is 1.57. The summed E-state index contributed by atoms with van der Waals surface area (Å²) in [6, 6.07) is 12.9. The van der Waals surface area contributed by atoms with Crippen molar-refractivity contribution in [3.8, 4) is 0 Å². The number of carbonyl (C=O) groups is 1. The average molecular weight is 438 g/mol. The molecule has 1 aliphatic heterocycles. The molecular weight excluding hydrogens is 410 g/mol. The molecule has 1 aromatic heterocycles. The zero-order valence-electron chi connectivity index (χ0n) is 18.1. The lowest BCUT2D eigenvalue weighted by Gasteiger charge is -2.31. The van der Waals surface area contributed by atoms with Gasteiger partial charge in [0.15, 0.2) is 0 Å². The van der Waals surface area contributed by atoms with E-state index in [1.165, 1.54) is 4.31 Å². The molecule has 1 aliphatic rings. The van der Waals surface area contributed by atoms with Crippen LogP contribution in [0.2, 0.25) is 0 Å². The molecule has 1 fully saturated rings. The Kier molecular flexibility index (Phi) is 5.81. The summed E-state index contributed by atoms with van der Waals surface area (Å²) in [5.74, 6) is -0.530. The van der Waals surface area contributed by atoms with Gasteiger partial charge in [0.1, 0.15) is 4.90 Å². The van der Waals surface area contributed by atoms with Crippen LogP contribution in [-0.2, 0) is 14.8 Å². The highest BCUT2D eigenvalue weighted by Gasteiger charge is 2.34. The number of nitrogens with one attached hydrogen (secondary N) is 1. The Hall–Kier alpha value is -2.77. The smallest absolute Gasteiger partial charge is 0.245 e. The zero-order valence-corrected chi connectivity index (χ0v) is 18.9. The minimum atomic E-state index is -3.76. The Morgan fingerprint density at radius 3 is 2.55 bits per heavy atom. The second-order valence-electron chi connectivity index (χ2n) is 8.30. The lowest BCUT2D eigenvalue weighted by Crippen LogP contribution is -2.43. The van der Waals surface area contributed by atoms with Crippen LogP contribution in [0.15, 0.2) is 53.6 Å². The molecule has 0 aliphatic carbocycles. The van der Waals surface area contributed by atoms with Crippen molar-refractivity contribution in [2.75, 3.05) is 18.4 Å². The van der Waals surface area contributed by atoms with Gasteiger partial charge in [0.25, 0.3) is 0 Å². The fourth-order valence-corrected chi connectivity index (χ4v) is 6.09. The molecule has 7 heteroatoms. The van der Waals surface area contributed by atoms with E-state index in [0.717, 1.165) is 27.8 Å². The lowest BCUT2D eigenvalue weighted by atomic mass is 9.98. The highest BCUT2D eigenvalue weighted by Crippen LogP contribution is 2.29. The predicted molar refractivity (Wildman–Crippen MR) is 123 cm³/mol. The van der Waals surface area contributed by atoms with Crippen LogP contribution >= 0.6 is 0 Å². The van der Waals surface area contributed by atoms with Gasteiger partial charge < -0.3 is 5.32 Å². The number of amides is 1. The van der Waals surface area contributed by atoms with E-state index in [9.17, 15) is 13.2 Å². The van der Waals surface area contributed by atoms with Crippen molar-refractivity contribution < 1.29 is 13.2 Å². The van der Waals surface area contributed by atoms with E-state index in [-0.39, 0.29) is 17.3 Å². The molecule has 0 radical (unpaired) electrons. The van der Waals surface area contributed by atoms with Crippen LogP contribution in [0.4, 0.5) is 5.69 Å². The van der Waals surface area contributed by atoms with Crippen LogP contribution < -0.4 is 5.32 Å². The van der Waals surface area contributed by atoms with Crippen molar-refractivity contribution in [2.24, 2.45) is 5.92 Å². The van der Waals surface area contributed by atoms with Crippen LogP contribution in [-0.4, -0.2) is 36.7 Å². The first-order chi connectivity index (χ1) is 14.8. The van der Waals surface area contributed by atoms with E-state index < -0.39 is 15.9 Å². The second kappa shape index (κ2) is 8.40. The van der Waals surface area contributed by atoms with Crippen molar-refractivity contribution >= 4 is 32.5 Å². The van der Waals surface area contributed by atoms with Crippen LogP contribution in [0.3, 0.4) is 0 Å². The number of para-hydroxylation sites is 1. The molecule has 1 saturated heterocycles. The quantitative estimate of drug-likeness (QED) is 0.663. The molecular formula is C24H27N3O3S. The summed E-state index contributed by atoms with van der Waals surface area (Å²) in [5, 5.41) is 3.82. The molecule has 1 unspecified atom stereocenters. The number of carbonyl (C=O) groups excluding carboxylic acids is 1. The molecule has 1 N–H and O–H groups in total. The molecule has 2 heterocycles. The van der Waals surface area contributed by atoms with Crippen LogP contribution in [0.5, 0.6) is 0 Å². The normalized spacial score (nSPS) is 17.6. The summed E-state index contributed by atoms with van der Waals surface area (Å²) in [7, 11) is -3.76. The summed E-state index contributed by atoms with van der Waals surface area (Å²) in [6.45, 7) is 6.54. The molecule has 0 spiro atoms. The monoisotopic (exact) mass is 437 g/mol. The molecule has 4 rings (SSSR count). The molecule has 1 atom stereocenters. The average Bonchev–Trinajstić information content (AvgIpc) is 2.75. The zero-order chi connectivity index (χ0) is 22.2. The number of nitrogens with zero attached hydrogens (tertiary/aromatic N) is 2. The number of aryl methyl sites for hydroxylation is 3. The first kappa shape index (κ1) is 21.5. The van der Waals surface area contributed by atoms with Gasteiger partial charge in [0.2, 0.25) is 15.9 Å². The number of piperidine rings is 1. The fourth-order valence-electron chi connectivity index (χ4n) is 4.40. The van der Waals surface area contributed by atoms with Crippen molar-refractivity contribution in [1.82, 2.24) is 9.29 Å². The molecule has 2 aromatic carbocycles. The van der Waals surface area contributed by atoms with Crippen molar-refractivity contribution in [2.45, 2.75) is 38.5 Å². The number of sulfonamides is 1. The second-order valence-corrected chi connectivity index (χ2v) is 10.2. The van der Waals surface area contributed by atoms with E-state index in [2.05, 4.69) is 10.3 Å². The van der Waals surface area contributed by atoms with E-state index in [1.807, 2.05) is 45.0 Å². The lowest BCUT2D eigenvalue weighted by molar-refractivity contribution is -0.120. The van der Waals surface area contributed by atoms with Gasteiger partial charge in [-0.1, -0.05) is 35.9 Å². The first-order valence-electron chi connectivity index (χ1n) is 10.5. The summed E-state index contributed by atoms with van der Waals surface area (Å²) < 4.78 is 28.3. The van der Waals surface area contributed by atoms with Gasteiger partial charge in [-0.2, -0.15) is 4.31 Å². The maximum atomic E-state index is 13.4. The summed E-state index contributed by atoms with van der Waals surface area (Å²) in [6.07, 6.45) is 2.90. The number of anilines is 1. The number of benzene rings is 2. The first-order valence-corrected chi connectivity index (χ1v) is 11.9. The standard InChI is InChI=1S/C24H27N3O3S/c1-16-13-17(2)22(18(3)14-16)26-24(28)20-9-6-12-27(15-20)31(29,30)21-10-4-7-19-8-5-11-25-23(19)21/h4-5,7-8,10-11,13-14,20H,6,9,12,15H2,1-3H3,(H,26,28). The van der Waals surface area contributed by atoms with Crippen molar-refractivity contribution in [3.05, 3.63) is 65.4 Å². The van der Waals surface area contributed by atoms with Gasteiger partial charge in [-0.05, 0) is 56.9 Å². The Bertz CT molecular complexity index is 1230. The molecule has 0 bridgehead atoms. The van der Waals surface area contributed by atoms with Gasteiger partial charge in [-0.25, -0.2) is 8.42 Å².